The van der Waals surface area contributed by atoms with Crippen LogP contribution in [0.3, 0.4) is 0 Å². The molecule has 2 aliphatic rings. The lowest BCUT2D eigenvalue weighted by Crippen LogP contribution is -2.45. The Morgan fingerprint density at radius 2 is 1.47 bits per heavy atom. The number of amides is 3. The number of carbonyl (C=O) groups is 3. The van der Waals surface area contributed by atoms with Crippen molar-refractivity contribution in [1.82, 2.24) is 15.5 Å². The summed E-state index contributed by atoms with van der Waals surface area (Å²) in [5.74, 6) is -0.839. The zero-order valence-electron chi connectivity index (χ0n) is 20.6. The van der Waals surface area contributed by atoms with Gasteiger partial charge in [-0.25, -0.2) is 4.79 Å². The molecule has 7 heteroatoms. The minimum atomic E-state index is -0.669. The van der Waals surface area contributed by atoms with Gasteiger partial charge in [-0.2, -0.15) is 0 Å². The molecule has 4 atom stereocenters. The highest BCUT2D eigenvalue weighted by Crippen LogP contribution is 2.60. The maximum absolute atomic E-state index is 13.5. The Bertz CT molecular complexity index is 1120. The molecule has 1 fully saturated rings. The van der Waals surface area contributed by atoms with E-state index in [0.717, 1.165) is 16.7 Å². The van der Waals surface area contributed by atoms with Gasteiger partial charge in [-0.05, 0) is 43.5 Å². The number of fused-ring (bicyclic) bond motifs is 5. The third kappa shape index (κ3) is 4.04. The first kappa shape index (κ1) is 23.8. The van der Waals surface area contributed by atoms with Crippen LogP contribution in [0.4, 0.5) is 4.79 Å². The Labute approximate surface area is 200 Å². The summed E-state index contributed by atoms with van der Waals surface area (Å²) in [4.78, 5) is 41.0. The van der Waals surface area contributed by atoms with E-state index in [1.807, 2.05) is 77.1 Å². The van der Waals surface area contributed by atoms with Gasteiger partial charge >= 0.3 is 6.09 Å². The van der Waals surface area contributed by atoms with Crippen LogP contribution in [-0.2, 0) is 9.53 Å². The van der Waals surface area contributed by atoms with Crippen molar-refractivity contribution in [2.45, 2.75) is 64.3 Å². The third-order valence-corrected chi connectivity index (χ3v) is 6.53. The Hall–Kier alpha value is -3.35. The molecule has 0 unspecified atom stereocenters. The molecule has 2 heterocycles. The quantitative estimate of drug-likeness (QED) is 0.707. The summed E-state index contributed by atoms with van der Waals surface area (Å²) >= 11 is 0. The van der Waals surface area contributed by atoms with Crippen molar-refractivity contribution in [1.29, 1.82) is 0 Å². The van der Waals surface area contributed by atoms with Gasteiger partial charge in [-0.1, -0.05) is 56.3 Å². The third-order valence-electron chi connectivity index (χ3n) is 6.53. The van der Waals surface area contributed by atoms with Crippen molar-refractivity contribution in [3.8, 4) is 0 Å². The molecule has 180 valence electrons. The number of carbonyl (C=O) groups excluding carboxylic acids is 3. The summed E-state index contributed by atoms with van der Waals surface area (Å²) in [6, 6.07) is 14.2. The molecule has 7 nitrogen and oxygen atoms in total. The minimum Gasteiger partial charge on any atom is -0.444 e. The van der Waals surface area contributed by atoms with Crippen LogP contribution in [0.2, 0.25) is 0 Å². The van der Waals surface area contributed by atoms with Gasteiger partial charge in [0.1, 0.15) is 5.60 Å². The van der Waals surface area contributed by atoms with E-state index in [2.05, 4.69) is 10.6 Å². The molecule has 0 spiro atoms. The van der Waals surface area contributed by atoms with Crippen molar-refractivity contribution in [3.05, 3.63) is 70.8 Å². The second-order valence-corrected chi connectivity index (χ2v) is 10.3. The van der Waals surface area contributed by atoms with Gasteiger partial charge in [-0.3, -0.25) is 14.5 Å². The van der Waals surface area contributed by atoms with E-state index in [-0.39, 0.29) is 29.7 Å². The lowest BCUT2D eigenvalue weighted by atomic mass is 9.75. The topological polar surface area (TPSA) is 87.7 Å². The summed E-state index contributed by atoms with van der Waals surface area (Å²) in [7, 11) is 1.60. The Morgan fingerprint density at radius 3 is 2.03 bits per heavy atom. The first-order chi connectivity index (χ1) is 16.0. The number of hydrogen-bond donors (Lipinski definition) is 2. The molecule has 1 saturated heterocycles. The highest BCUT2D eigenvalue weighted by molar-refractivity contribution is 5.96. The smallest absolute Gasteiger partial charge is 0.411 e. The molecular weight excluding hydrogens is 430 g/mol. The molecule has 4 rings (SSSR count). The Balaban J connectivity index is 1.90. The van der Waals surface area contributed by atoms with Crippen molar-refractivity contribution < 1.29 is 19.1 Å². The summed E-state index contributed by atoms with van der Waals surface area (Å²) in [6.45, 7) is 9.20. The van der Waals surface area contributed by atoms with Crippen LogP contribution in [0.5, 0.6) is 0 Å². The lowest BCUT2D eigenvalue weighted by Gasteiger charge is -2.32. The van der Waals surface area contributed by atoms with Gasteiger partial charge < -0.3 is 15.4 Å². The predicted molar refractivity (Wildman–Crippen MR) is 129 cm³/mol. The second-order valence-electron chi connectivity index (χ2n) is 10.3. The van der Waals surface area contributed by atoms with Crippen LogP contribution in [0.15, 0.2) is 48.5 Å². The number of ether oxygens (including phenoxy) is 1. The SMILES string of the molecule is CNC(=O)c1ccccc1[C@@H]1[C@H](NC(=O)C(C)C)[C@H]2c3ccccc3[C@@H]1N2C(=O)OC(C)(C)C. The first-order valence-corrected chi connectivity index (χ1v) is 11.8. The van der Waals surface area contributed by atoms with E-state index in [0.29, 0.717) is 5.56 Å². The molecule has 0 saturated carbocycles. The van der Waals surface area contributed by atoms with E-state index in [1.54, 1.807) is 18.0 Å². The van der Waals surface area contributed by atoms with E-state index in [9.17, 15) is 14.4 Å². The summed E-state index contributed by atoms with van der Waals surface area (Å²) in [6.07, 6.45) is -0.428. The standard InChI is InChI=1S/C27H33N3O4/c1-15(2)24(31)29-21-20(16-11-7-10-14-19(16)25(32)28-6)22-17-12-8-9-13-18(17)23(21)30(22)26(33)34-27(3,4)5/h7-15,20-23H,1-6H3,(H,28,32)(H,29,31)/t20-,21+,22+,23-/m1/s1. The Kier molecular flexibility index (Phi) is 6.14. The van der Waals surface area contributed by atoms with Crippen LogP contribution in [-0.4, -0.2) is 41.5 Å². The van der Waals surface area contributed by atoms with Gasteiger partial charge in [-0.15, -0.1) is 0 Å². The van der Waals surface area contributed by atoms with Gasteiger partial charge in [0.2, 0.25) is 5.91 Å². The zero-order chi connectivity index (χ0) is 24.8. The average Bonchev–Trinajstić information content (AvgIpc) is 3.29. The lowest BCUT2D eigenvalue weighted by molar-refractivity contribution is -0.125. The predicted octanol–water partition coefficient (Wildman–Crippen LogP) is 4.32. The van der Waals surface area contributed by atoms with E-state index in [1.165, 1.54) is 0 Å². The maximum Gasteiger partial charge on any atom is 0.411 e. The fraction of sp³-hybridized carbons (Fsp3) is 0.444. The van der Waals surface area contributed by atoms with E-state index < -0.39 is 23.8 Å². The van der Waals surface area contributed by atoms with Crippen molar-refractivity contribution in [2.75, 3.05) is 7.05 Å². The number of nitrogens with zero attached hydrogens (tertiary/aromatic N) is 1. The monoisotopic (exact) mass is 463 g/mol. The fourth-order valence-electron chi connectivity index (χ4n) is 5.18. The van der Waals surface area contributed by atoms with E-state index >= 15 is 0 Å². The highest BCUT2D eigenvalue weighted by atomic mass is 16.6. The number of rotatable bonds is 4. The van der Waals surface area contributed by atoms with Gasteiger partial charge in [0, 0.05) is 24.4 Å². The first-order valence-electron chi connectivity index (χ1n) is 11.8. The molecule has 2 N–H and O–H groups in total. The van der Waals surface area contributed by atoms with Gasteiger partial charge in [0.05, 0.1) is 18.1 Å². The van der Waals surface area contributed by atoms with Crippen LogP contribution in [0.25, 0.3) is 0 Å². The molecule has 2 aromatic carbocycles. The fourth-order valence-corrected chi connectivity index (χ4v) is 5.18. The van der Waals surface area contributed by atoms with Crippen LogP contribution >= 0.6 is 0 Å². The van der Waals surface area contributed by atoms with Crippen molar-refractivity contribution in [2.24, 2.45) is 5.92 Å². The van der Waals surface area contributed by atoms with Crippen LogP contribution in [0, 0.1) is 5.92 Å². The molecular formula is C27H33N3O4. The number of hydrogen-bond acceptors (Lipinski definition) is 4. The van der Waals surface area contributed by atoms with Gasteiger partial charge in [0.15, 0.2) is 0 Å². The number of nitrogens with one attached hydrogen (secondary N) is 2. The van der Waals surface area contributed by atoms with Crippen LogP contribution < -0.4 is 10.6 Å². The van der Waals surface area contributed by atoms with Crippen LogP contribution in [0.1, 0.15) is 79.7 Å². The molecule has 0 aromatic heterocycles. The molecule has 3 amide bonds. The molecule has 2 aliphatic heterocycles. The normalized spacial score (nSPS) is 23.0. The highest BCUT2D eigenvalue weighted by Gasteiger charge is 2.60. The zero-order valence-corrected chi connectivity index (χ0v) is 20.6. The van der Waals surface area contributed by atoms with E-state index in [4.69, 9.17) is 4.74 Å². The van der Waals surface area contributed by atoms with Crippen molar-refractivity contribution in [3.63, 3.8) is 0 Å². The second kappa shape index (κ2) is 8.78. The van der Waals surface area contributed by atoms with Crippen molar-refractivity contribution >= 4 is 17.9 Å². The number of benzene rings is 2. The Morgan fingerprint density at radius 1 is 0.912 bits per heavy atom. The molecule has 0 aliphatic carbocycles. The van der Waals surface area contributed by atoms with Gasteiger partial charge in [0.25, 0.3) is 5.91 Å². The average molecular weight is 464 g/mol. The minimum absolute atomic E-state index is 0.0957. The summed E-state index contributed by atoms with van der Waals surface area (Å²) < 4.78 is 5.81. The summed E-state index contributed by atoms with van der Waals surface area (Å²) in [5, 5.41) is 5.93. The molecule has 34 heavy (non-hydrogen) atoms. The maximum atomic E-state index is 13.5. The molecule has 2 bridgehead atoms. The largest absolute Gasteiger partial charge is 0.444 e. The molecule has 2 aromatic rings. The summed E-state index contributed by atoms with van der Waals surface area (Å²) in [5.41, 5.74) is 2.68. The molecule has 0 radical (unpaired) electrons.